The number of hydrogen-bond acceptors (Lipinski definition) is 3. The first-order valence-corrected chi connectivity index (χ1v) is 9.48. The molecule has 0 radical (unpaired) electrons. The van der Waals surface area contributed by atoms with Crippen molar-refractivity contribution in [2.24, 2.45) is 0 Å². The second-order valence-electron chi connectivity index (χ2n) is 6.59. The van der Waals surface area contributed by atoms with Crippen molar-refractivity contribution in [2.45, 2.75) is 25.8 Å². The smallest absolute Gasteiger partial charge is 0.233 e. The first-order valence-electron chi connectivity index (χ1n) is 9.10. The molecule has 1 atom stereocenters. The molecule has 1 aromatic heterocycles. The minimum Gasteiger partial charge on any atom is -0.323 e. The number of anilines is 1. The predicted molar refractivity (Wildman–Crippen MR) is 107 cm³/mol. The zero-order chi connectivity index (χ0) is 18.8. The van der Waals surface area contributed by atoms with Crippen molar-refractivity contribution in [3.05, 3.63) is 76.6 Å². The lowest BCUT2D eigenvalue weighted by Gasteiger charge is -2.25. The fourth-order valence-electron chi connectivity index (χ4n) is 3.60. The van der Waals surface area contributed by atoms with Gasteiger partial charge in [0.25, 0.3) is 0 Å². The van der Waals surface area contributed by atoms with Gasteiger partial charge in [0.05, 0.1) is 34.2 Å². The molecular weight excluding hydrogens is 360 g/mol. The third kappa shape index (κ3) is 3.36. The number of halogens is 1. The third-order valence-corrected chi connectivity index (χ3v) is 5.27. The minimum atomic E-state index is -0.219. The molecule has 1 unspecified atom stereocenters. The van der Waals surface area contributed by atoms with E-state index in [0.29, 0.717) is 11.6 Å². The van der Waals surface area contributed by atoms with E-state index >= 15 is 0 Å². The fraction of sp³-hybridized carbons (Fsp3) is 0.238. The van der Waals surface area contributed by atoms with Crippen LogP contribution in [0.5, 0.6) is 0 Å². The van der Waals surface area contributed by atoms with Gasteiger partial charge in [0, 0.05) is 13.1 Å². The topological polar surface area (TPSA) is 59.0 Å². The Morgan fingerprint density at radius 1 is 1.26 bits per heavy atom. The highest BCUT2D eigenvalue weighted by atomic mass is 35.5. The highest BCUT2D eigenvalue weighted by Gasteiger charge is 2.27. The lowest BCUT2D eigenvalue weighted by atomic mass is 9.90. The van der Waals surface area contributed by atoms with Crippen molar-refractivity contribution < 1.29 is 4.79 Å². The molecule has 5 nitrogen and oxygen atoms in total. The molecule has 6 heteroatoms. The number of carbonyl (C=O) groups excluding carboxylic acids is 1. The Hall–Kier alpha value is -2.63. The average Bonchev–Trinajstić information content (AvgIpc) is 3.10. The minimum absolute atomic E-state index is 0.0249. The summed E-state index contributed by atoms with van der Waals surface area (Å²) in [7, 11) is 0. The van der Waals surface area contributed by atoms with Crippen molar-refractivity contribution in [3.63, 3.8) is 0 Å². The van der Waals surface area contributed by atoms with Crippen LogP contribution in [0.1, 0.15) is 29.7 Å². The van der Waals surface area contributed by atoms with Gasteiger partial charge in [0.2, 0.25) is 5.91 Å². The zero-order valence-electron chi connectivity index (χ0n) is 15.1. The van der Waals surface area contributed by atoms with Gasteiger partial charge in [0.15, 0.2) is 0 Å². The van der Waals surface area contributed by atoms with Gasteiger partial charge in [-0.1, -0.05) is 54.9 Å². The Morgan fingerprint density at radius 2 is 2.04 bits per heavy atom. The molecule has 2 N–H and O–H groups in total. The number of rotatable bonds is 4. The Balaban J connectivity index is 1.63. The van der Waals surface area contributed by atoms with Gasteiger partial charge in [-0.05, 0) is 29.7 Å². The summed E-state index contributed by atoms with van der Waals surface area (Å²) in [6.45, 7) is 3.46. The molecule has 2 aromatic carbocycles. The summed E-state index contributed by atoms with van der Waals surface area (Å²) in [5.41, 5.74) is 4.72. The van der Waals surface area contributed by atoms with E-state index in [4.69, 9.17) is 11.6 Å². The second-order valence-corrected chi connectivity index (χ2v) is 7.00. The van der Waals surface area contributed by atoms with E-state index in [1.807, 2.05) is 49.4 Å². The summed E-state index contributed by atoms with van der Waals surface area (Å²) in [6.07, 6.45) is 2.42. The molecular formula is C21H21ClN4O. The second kappa shape index (κ2) is 7.55. The predicted octanol–water partition coefficient (Wildman–Crippen LogP) is 3.91. The molecule has 0 fully saturated rings. The summed E-state index contributed by atoms with van der Waals surface area (Å²) < 4.78 is 1.80. The number of fused-ring (bicyclic) bond motifs is 1. The highest BCUT2D eigenvalue weighted by Crippen LogP contribution is 2.28. The van der Waals surface area contributed by atoms with Crippen molar-refractivity contribution in [1.82, 2.24) is 15.1 Å². The molecule has 3 aromatic rings. The molecule has 2 heterocycles. The van der Waals surface area contributed by atoms with Crippen LogP contribution >= 0.6 is 11.6 Å². The van der Waals surface area contributed by atoms with Gasteiger partial charge in [-0.3, -0.25) is 4.79 Å². The van der Waals surface area contributed by atoms with Gasteiger partial charge in [-0.2, -0.15) is 5.10 Å². The summed E-state index contributed by atoms with van der Waals surface area (Å²) in [5.74, 6) is -0.244. The van der Waals surface area contributed by atoms with E-state index in [1.54, 1.807) is 10.9 Å². The Labute approximate surface area is 163 Å². The number of aromatic nitrogens is 2. The van der Waals surface area contributed by atoms with E-state index in [0.717, 1.165) is 35.6 Å². The first-order chi connectivity index (χ1) is 13.2. The molecule has 0 aliphatic carbocycles. The molecule has 4 rings (SSSR count). The fourth-order valence-corrected chi connectivity index (χ4v) is 3.82. The van der Waals surface area contributed by atoms with Crippen LogP contribution in [0, 0.1) is 0 Å². The summed E-state index contributed by atoms with van der Waals surface area (Å²) in [5, 5.41) is 11.5. The van der Waals surface area contributed by atoms with E-state index in [9.17, 15) is 4.79 Å². The molecule has 1 aliphatic rings. The monoisotopic (exact) mass is 380 g/mol. The van der Waals surface area contributed by atoms with Gasteiger partial charge < -0.3 is 10.6 Å². The number of nitrogens with one attached hydrogen (secondary N) is 2. The molecule has 0 spiro atoms. The van der Waals surface area contributed by atoms with E-state index in [-0.39, 0.29) is 11.8 Å². The Bertz CT molecular complexity index is 982. The van der Waals surface area contributed by atoms with Crippen LogP contribution in [0.25, 0.3) is 5.69 Å². The van der Waals surface area contributed by atoms with Gasteiger partial charge in [0.1, 0.15) is 0 Å². The van der Waals surface area contributed by atoms with Crippen LogP contribution in [0.3, 0.4) is 0 Å². The lowest BCUT2D eigenvalue weighted by molar-refractivity contribution is -0.117. The quantitative estimate of drug-likeness (QED) is 0.721. The van der Waals surface area contributed by atoms with Crippen LogP contribution < -0.4 is 10.6 Å². The Kier molecular flexibility index (Phi) is 4.97. The number of amides is 1. The number of para-hydroxylation sites is 1. The normalized spacial score (nSPS) is 16.0. The zero-order valence-corrected chi connectivity index (χ0v) is 15.8. The molecule has 0 saturated carbocycles. The number of benzene rings is 2. The van der Waals surface area contributed by atoms with Crippen molar-refractivity contribution in [2.75, 3.05) is 11.9 Å². The maximum Gasteiger partial charge on any atom is 0.233 e. The number of hydrogen-bond donors (Lipinski definition) is 2. The highest BCUT2D eigenvalue weighted by molar-refractivity contribution is 6.32. The number of nitrogens with zero attached hydrogens (tertiary/aromatic N) is 2. The summed E-state index contributed by atoms with van der Waals surface area (Å²) in [4.78, 5) is 13.0. The van der Waals surface area contributed by atoms with Crippen molar-refractivity contribution >= 4 is 23.2 Å². The van der Waals surface area contributed by atoms with Crippen LogP contribution in [-0.4, -0.2) is 22.2 Å². The molecule has 138 valence electrons. The largest absolute Gasteiger partial charge is 0.323 e. The van der Waals surface area contributed by atoms with E-state index in [2.05, 4.69) is 21.8 Å². The molecule has 1 amide bonds. The molecule has 0 saturated heterocycles. The van der Waals surface area contributed by atoms with Crippen molar-refractivity contribution in [3.8, 4) is 5.69 Å². The van der Waals surface area contributed by atoms with Crippen molar-refractivity contribution in [1.29, 1.82) is 0 Å². The van der Waals surface area contributed by atoms with Crippen LogP contribution in [0.2, 0.25) is 5.02 Å². The van der Waals surface area contributed by atoms with Crippen LogP contribution in [-0.2, 0) is 17.8 Å². The van der Waals surface area contributed by atoms with Gasteiger partial charge >= 0.3 is 0 Å². The molecule has 1 aliphatic heterocycles. The standard InChI is InChI=1S/C21H21ClN4O/c1-2-19-18(13-24-26(19)20-10-6-5-9-17(20)22)25-21(27)16-12-23-11-14-7-3-4-8-15(14)16/h3-10,13,16,23H,2,11-12H2,1H3,(H,25,27). The van der Waals surface area contributed by atoms with Crippen LogP contribution in [0.4, 0.5) is 5.69 Å². The summed E-state index contributed by atoms with van der Waals surface area (Å²) >= 11 is 6.32. The third-order valence-electron chi connectivity index (χ3n) is 4.95. The lowest BCUT2D eigenvalue weighted by Crippen LogP contribution is -2.35. The summed E-state index contributed by atoms with van der Waals surface area (Å²) in [6, 6.07) is 15.6. The Morgan fingerprint density at radius 3 is 2.85 bits per heavy atom. The molecule has 27 heavy (non-hydrogen) atoms. The van der Waals surface area contributed by atoms with E-state index < -0.39 is 0 Å². The van der Waals surface area contributed by atoms with Crippen LogP contribution in [0.15, 0.2) is 54.7 Å². The SMILES string of the molecule is CCc1c(NC(=O)C2CNCc3ccccc32)cnn1-c1ccccc1Cl. The maximum absolute atomic E-state index is 13.0. The molecule has 0 bridgehead atoms. The van der Waals surface area contributed by atoms with E-state index in [1.165, 1.54) is 5.56 Å². The average molecular weight is 381 g/mol. The maximum atomic E-state index is 13.0. The first kappa shape index (κ1) is 17.8. The van der Waals surface area contributed by atoms with Gasteiger partial charge in [-0.25, -0.2) is 4.68 Å². The number of carbonyl (C=O) groups is 1. The van der Waals surface area contributed by atoms with Gasteiger partial charge in [-0.15, -0.1) is 0 Å².